The third-order valence-electron chi connectivity index (χ3n) is 5.55. The summed E-state index contributed by atoms with van der Waals surface area (Å²) >= 11 is 0. The predicted octanol–water partition coefficient (Wildman–Crippen LogP) is 1.36. The van der Waals surface area contributed by atoms with Crippen LogP contribution >= 0.6 is 0 Å². The van der Waals surface area contributed by atoms with Crippen LogP contribution in [0.5, 0.6) is 0 Å². The first-order valence-corrected chi connectivity index (χ1v) is 8.23. The van der Waals surface area contributed by atoms with Crippen LogP contribution in [-0.4, -0.2) is 40.7 Å². The normalized spacial score (nSPS) is 33.7. The third-order valence-corrected chi connectivity index (χ3v) is 5.55. The Morgan fingerprint density at radius 2 is 2.14 bits per heavy atom. The maximum Gasteiger partial charge on any atom is 0.302 e. The van der Waals surface area contributed by atoms with Gasteiger partial charge in [-0.1, -0.05) is 6.07 Å². The monoisotopic (exact) mass is 302 g/mol. The molecule has 118 valence electrons. The largest absolute Gasteiger partial charge is 0.462 e. The van der Waals surface area contributed by atoms with Crippen molar-refractivity contribution >= 4 is 5.97 Å². The minimum Gasteiger partial charge on any atom is -0.462 e. The number of hydrogen-bond donors (Lipinski definition) is 0. The standard InChI is InChI=1S/C17H22N2O3/c1-11(20)22-14-5-6-18-9-12-7-13(16(18)8-14)10-19-15(12)3-2-4-17(19)21/h2-4,12-14,16H,5-10H2,1H3/t12-,13+,14?,16?/m0/s1. The maximum atomic E-state index is 12.1. The summed E-state index contributed by atoms with van der Waals surface area (Å²) in [6.45, 7) is 4.31. The summed E-state index contributed by atoms with van der Waals surface area (Å²) in [6.07, 6.45) is 3.03. The van der Waals surface area contributed by atoms with Crippen molar-refractivity contribution in [1.29, 1.82) is 0 Å². The van der Waals surface area contributed by atoms with E-state index in [1.807, 2.05) is 10.6 Å². The van der Waals surface area contributed by atoms with E-state index in [2.05, 4.69) is 11.0 Å². The molecule has 4 atom stereocenters. The van der Waals surface area contributed by atoms with Gasteiger partial charge in [-0.2, -0.15) is 0 Å². The van der Waals surface area contributed by atoms with Crippen LogP contribution in [0, 0.1) is 5.92 Å². The van der Waals surface area contributed by atoms with Gasteiger partial charge in [0, 0.05) is 56.7 Å². The molecule has 1 aromatic rings. The highest BCUT2D eigenvalue weighted by Gasteiger charge is 2.44. The van der Waals surface area contributed by atoms with E-state index in [-0.39, 0.29) is 17.6 Å². The fourth-order valence-electron chi connectivity index (χ4n) is 4.68. The number of fused-ring (bicyclic) bond motifs is 6. The fourth-order valence-corrected chi connectivity index (χ4v) is 4.68. The molecule has 0 aromatic carbocycles. The summed E-state index contributed by atoms with van der Waals surface area (Å²) in [4.78, 5) is 25.9. The molecule has 4 rings (SSSR count). The Balaban J connectivity index is 1.60. The predicted molar refractivity (Wildman–Crippen MR) is 81.7 cm³/mol. The lowest BCUT2D eigenvalue weighted by Gasteiger charge is -2.51. The molecular formula is C17H22N2O3. The molecular weight excluding hydrogens is 280 g/mol. The summed E-state index contributed by atoms with van der Waals surface area (Å²) in [5.41, 5.74) is 1.32. The first-order valence-electron chi connectivity index (χ1n) is 8.23. The number of nitrogens with zero attached hydrogens (tertiary/aromatic N) is 2. The molecule has 22 heavy (non-hydrogen) atoms. The van der Waals surface area contributed by atoms with Crippen molar-refractivity contribution in [3.8, 4) is 0 Å². The molecule has 0 spiro atoms. The third kappa shape index (κ3) is 2.28. The summed E-state index contributed by atoms with van der Waals surface area (Å²) < 4.78 is 7.40. The summed E-state index contributed by atoms with van der Waals surface area (Å²) in [5.74, 6) is 0.774. The van der Waals surface area contributed by atoms with Gasteiger partial charge < -0.3 is 9.30 Å². The number of ether oxygens (including phenoxy) is 1. The van der Waals surface area contributed by atoms with Crippen LogP contribution in [0.25, 0.3) is 0 Å². The number of esters is 1. The lowest BCUT2D eigenvalue weighted by molar-refractivity contribution is -0.151. The second-order valence-corrected chi connectivity index (χ2v) is 6.91. The second-order valence-electron chi connectivity index (χ2n) is 6.91. The van der Waals surface area contributed by atoms with Crippen molar-refractivity contribution in [3.63, 3.8) is 0 Å². The number of pyridine rings is 1. The van der Waals surface area contributed by atoms with E-state index in [0.717, 1.165) is 38.9 Å². The molecule has 0 amide bonds. The van der Waals surface area contributed by atoms with E-state index in [0.29, 0.717) is 17.9 Å². The lowest BCUT2D eigenvalue weighted by atomic mass is 9.75. The van der Waals surface area contributed by atoms with Gasteiger partial charge in [0.25, 0.3) is 5.56 Å². The molecule has 2 saturated heterocycles. The molecule has 1 aromatic heterocycles. The van der Waals surface area contributed by atoms with Gasteiger partial charge in [0.1, 0.15) is 6.10 Å². The van der Waals surface area contributed by atoms with Gasteiger partial charge in [-0.3, -0.25) is 14.5 Å². The molecule has 0 radical (unpaired) electrons. The zero-order valence-electron chi connectivity index (χ0n) is 12.9. The van der Waals surface area contributed by atoms with Crippen LogP contribution in [0.2, 0.25) is 0 Å². The molecule has 0 aliphatic carbocycles. The van der Waals surface area contributed by atoms with E-state index < -0.39 is 0 Å². The van der Waals surface area contributed by atoms with Crippen molar-refractivity contribution in [2.24, 2.45) is 5.92 Å². The lowest BCUT2D eigenvalue weighted by Crippen LogP contribution is -2.57. The Bertz CT molecular complexity index is 654. The molecule has 2 unspecified atom stereocenters. The first-order chi connectivity index (χ1) is 10.6. The first kappa shape index (κ1) is 14.0. The molecule has 2 bridgehead atoms. The van der Waals surface area contributed by atoms with Gasteiger partial charge in [-0.15, -0.1) is 0 Å². The number of hydrogen-bond acceptors (Lipinski definition) is 4. The summed E-state index contributed by atoms with van der Waals surface area (Å²) in [7, 11) is 0. The Kier molecular flexibility index (Phi) is 3.33. The average Bonchev–Trinajstić information content (AvgIpc) is 2.49. The Hall–Kier alpha value is -1.62. The quantitative estimate of drug-likeness (QED) is 0.735. The van der Waals surface area contributed by atoms with E-state index in [4.69, 9.17) is 4.74 Å². The zero-order chi connectivity index (χ0) is 15.3. The van der Waals surface area contributed by atoms with Gasteiger partial charge >= 0.3 is 5.97 Å². The Labute approximate surface area is 129 Å². The molecule has 0 N–H and O–H groups in total. The minimum absolute atomic E-state index is 0.0455. The van der Waals surface area contributed by atoms with Crippen LogP contribution < -0.4 is 5.56 Å². The van der Waals surface area contributed by atoms with Crippen molar-refractivity contribution in [1.82, 2.24) is 9.47 Å². The van der Waals surface area contributed by atoms with Crippen LogP contribution in [0.3, 0.4) is 0 Å². The zero-order valence-corrected chi connectivity index (χ0v) is 12.9. The molecule has 3 aliphatic rings. The summed E-state index contributed by atoms with van der Waals surface area (Å²) in [5, 5.41) is 0. The average molecular weight is 302 g/mol. The van der Waals surface area contributed by atoms with Crippen LogP contribution in [0.4, 0.5) is 0 Å². The summed E-state index contributed by atoms with van der Waals surface area (Å²) in [6, 6.07) is 6.08. The number of carbonyl (C=O) groups excluding carboxylic acids is 1. The molecule has 2 fully saturated rings. The van der Waals surface area contributed by atoms with E-state index in [1.165, 1.54) is 12.6 Å². The van der Waals surface area contributed by atoms with Crippen molar-refractivity contribution in [2.75, 3.05) is 13.1 Å². The van der Waals surface area contributed by atoms with Gasteiger partial charge in [0.2, 0.25) is 0 Å². The van der Waals surface area contributed by atoms with Crippen molar-refractivity contribution < 1.29 is 9.53 Å². The molecule has 5 nitrogen and oxygen atoms in total. The van der Waals surface area contributed by atoms with Crippen LogP contribution in [0.15, 0.2) is 23.0 Å². The number of rotatable bonds is 1. The van der Waals surface area contributed by atoms with Crippen LogP contribution in [-0.2, 0) is 16.1 Å². The number of carbonyl (C=O) groups is 1. The highest BCUT2D eigenvalue weighted by Crippen LogP contribution is 2.41. The minimum atomic E-state index is -0.183. The SMILES string of the molecule is CC(=O)OC1CCN2C[C@@H]3C[C@H](Cn4c3cccc4=O)C2C1. The smallest absolute Gasteiger partial charge is 0.302 e. The second kappa shape index (κ2) is 5.23. The van der Waals surface area contributed by atoms with E-state index in [1.54, 1.807) is 6.07 Å². The molecule has 0 saturated carbocycles. The van der Waals surface area contributed by atoms with Crippen molar-refractivity contribution in [2.45, 2.75) is 50.8 Å². The Morgan fingerprint density at radius 1 is 1.27 bits per heavy atom. The van der Waals surface area contributed by atoms with Crippen molar-refractivity contribution in [3.05, 3.63) is 34.2 Å². The Morgan fingerprint density at radius 3 is 2.95 bits per heavy atom. The molecule has 4 heterocycles. The van der Waals surface area contributed by atoms with Crippen LogP contribution in [0.1, 0.15) is 37.8 Å². The van der Waals surface area contributed by atoms with Gasteiger partial charge in [0.05, 0.1) is 0 Å². The molecule has 5 heteroatoms. The maximum absolute atomic E-state index is 12.1. The number of piperidine rings is 2. The van der Waals surface area contributed by atoms with Gasteiger partial charge in [-0.25, -0.2) is 0 Å². The van der Waals surface area contributed by atoms with Gasteiger partial charge in [-0.05, 0) is 24.8 Å². The molecule has 3 aliphatic heterocycles. The van der Waals surface area contributed by atoms with E-state index in [9.17, 15) is 9.59 Å². The number of aromatic nitrogens is 1. The fraction of sp³-hybridized carbons (Fsp3) is 0.647. The topological polar surface area (TPSA) is 51.5 Å². The van der Waals surface area contributed by atoms with E-state index >= 15 is 0 Å². The highest BCUT2D eigenvalue weighted by atomic mass is 16.5. The highest BCUT2D eigenvalue weighted by molar-refractivity contribution is 5.66. The van der Waals surface area contributed by atoms with Gasteiger partial charge in [0.15, 0.2) is 0 Å².